The maximum Gasteiger partial charge on any atom is 0.248 e. The Morgan fingerprint density at radius 1 is 1.12 bits per heavy atom. The van der Waals surface area contributed by atoms with Crippen LogP contribution in [0.4, 0.5) is 14.5 Å². The Labute approximate surface area is 152 Å². The van der Waals surface area contributed by atoms with Gasteiger partial charge in [-0.15, -0.1) is 0 Å². The van der Waals surface area contributed by atoms with Crippen LogP contribution in [-0.2, 0) is 4.79 Å². The van der Waals surface area contributed by atoms with Crippen LogP contribution in [0.15, 0.2) is 48.5 Å². The number of rotatable bonds is 8. The van der Waals surface area contributed by atoms with E-state index >= 15 is 0 Å². The van der Waals surface area contributed by atoms with E-state index < -0.39 is 17.5 Å². The number of nitrogens with zero attached hydrogens (tertiary/aromatic N) is 1. The van der Waals surface area contributed by atoms with Crippen molar-refractivity contribution in [3.05, 3.63) is 65.7 Å². The van der Waals surface area contributed by atoms with Crippen molar-refractivity contribution in [2.45, 2.75) is 6.42 Å². The molecule has 0 radical (unpaired) electrons. The molecule has 0 aliphatic carbocycles. The molecule has 138 valence electrons. The minimum absolute atomic E-state index is 0.246. The second-order valence-corrected chi connectivity index (χ2v) is 5.99. The maximum atomic E-state index is 13.5. The number of nitrogens with one attached hydrogen (secondary N) is 1. The molecule has 1 amide bonds. The van der Waals surface area contributed by atoms with Crippen LogP contribution < -0.4 is 10.1 Å². The van der Waals surface area contributed by atoms with E-state index in [1.807, 2.05) is 14.1 Å². The van der Waals surface area contributed by atoms with Gasteiger partial charge in [-0.05, 0) is 63.0 Å². The Kier molecular flexibility index (Phi) is 7.29. The summed E-state index contributed by atoms with van der Waals surface area (Å²) in [5.41, 5.74) is 0.318. The van der Waals surface area contributed by atoms with Gasteiger partial charge in [0.25, 0.3) is 0 Å². The molecule has 0 aliphatic rings. The molecule has 26 heavy (non-hydrogen) atoms. The predicted octanol–water partition coefficient (Wildman–Crippen LogP) is 3.95. The molecule has 1 N–H and O–H groups in total. The first kappa shape index (κ1) is 19.6. The van der Waals surface area contributed by atoms with Gasteiger partial charge in [-0.3, -0.25) is 4.79 Å². The lowest BCUT2D eigenvalue weighted by atomic mass is 10.2. The molecule has 2 aromatic carbocycles. The third kappa shape index (κ3) is 6.29. The SMILES string of the molecule is CN(C)CCCOc1ccc(NC(=O)/C=C/c2c(F)cccc2F)cc1. The van der Waals surface area contributed by atoms with E-state index in [2.05, 4.69) is 10.2 Å². The molecule has 0 spiro atoms. The van der Waals surface area contributed by atoms with Crippen molar-refractivity contribution in [1.29, 1.82) is 0 Å². The number of carbonyl (C=O) groups is 1. The van der Waals surface area contributed by atoms with Crippen LogP contribution in [0.1, 0.15) is 12.0 Å². The van der Waals surface area contributed by atoms with Crippen LogP contribution in [-0.4, -0.2) is 38.1 Å². The fourth-order valence-corrected chi connectivity index (χ4v) is 2.22. The van der Waals surface area contributed by atoms with Crippen molar-refractivity contribution in [3.63, 3.8) is 0 Å². The molecule has 0 bridgehead atoms. The maximum absolute atomic E-state index is 13.5. The van der Waals surface area contributed by atoms with Crippen LogP contribution in [0, 0.1) is 11.6 Å². The van der Waals surface area contributed by atoms with E-state index in [4.69, 9.17) is 4.74 Å². The van der Waals surface area contributed by atoms with Gasteiger partial charge in [-0.25, -0.2) is 8.78 Å². The topological polar surface area (TPSA) is 41.6 Å². The van der Waals surface area contributed by atoms with Crippen molar-refractivity contribution in [1.82, 2.24) is 4.90 Å². The van der Waals surface area contributed by atoms with E-state index in [0.717, 1.165) is 37.3 Å². The van der Waals surface area contributed by atoms with Crippen molar-refractivity contribution in [3.8, 4) is 5.75 Å². The molecule has 0 unspecified atom stereocenters. The Bertz CT molecular complexity index is 739. The first-order chi connectivity index (χ1) is 12.5. The normalized spacial score (nSPS) is 11.1. The summed E-state index contributed by atoms with van der Waals surface area (Å²) in [6.07, 6.45) is 3.12. The highest BCUT2D eigenvalue weighted by Crippen LogP contribution is 2.17. The van der Waals surface area contributed by atoms with Gasteiger partial charge in [-0.1, -0.05) is 6.07 Å². The molecular weight excluding hydrogens is 338 g/mol. The number of carbonyl (C=O) groups excluding carboxylic acids is 1. The summed E-state index contributed by atoms with van der Waals surface area (Å²) >= 11 is 0. The molecule has 4 nitrogen and oxygen atoms in total. The van der Waals surface area contributed by atoms with E-state index in [1.54, 1.807) is 24.3 Å². The third-order valence-corrected chi connectivity index (χ3v) is 3.54. The summed E-state index contributed by atoms with van der Waals surface area (Å²) in [6.45, 7) is 1.56. The minimum atomic E-state index is -0.718. The largest absolute Gasteiger partial charge is 0.494 e. The van der Waals surface area contributed by atoms with Gasteiger partial charge < -0.3 is 15.0 Å². The minimum Gasteiger partial charge on any atom is -0.494 e. The lowest BCUT2D eigenvalue weighted by Gasteiger charge is -2.10. The van der Waals surface area contributed by atoms with Crippen LogP contribution >= 0.6 is 0 Å². The molecule has 0 atom stereocenters. The fourth-order valence-electron chi connectivity index (χ4n) is 2.22. The smallest absolute Gasteiger partial charge is 0.248 e. The lowest BCUT2D eigenvalue weighted by molar-refractivity contribution is -0.111. The fraction of sp³-hybridized carbons (Fsp3) is 0.250. The van der Waals surface area contributed by atoms with Crippen LogP contribution in [0.5, 0.6) is 5.75 Å². The van der Waals surface area contributed by atoms with Gasteiger partial charge in [0.05, 0.1) is 6.61 Å². The zero-order chi connectivity index (χ0) is 18.9. The van der Waals surface area contributed by atoms with Crippen molar-refractivity contribution >= 4 is 17.7 Å². The van der Waals surface area contributed by atoms with Crippen LogP contribution in [0.25, 0.3) is 6.08 Å². The monoisotopic (exact) mass is 360 g/mol. The van der Waals surface area contributed by atoms with E-state index in [0.29, 0.717) is 18.0 Å². The van der Waals surface area contributed by atoms with Crippen LogP contribution in [0.2, 0.25) is 0 Å². The molecule has 0 fully saturated rings. The van der Waals surface area contributed by atoms with E-state index in [1.165, 1.54) is 6.07 Å². The molecule has 6 heteroatoms. The summed E-state index contributed by atoms with van der Waals surface area (Å²) in [7, 11) is 4.01. The van der Waals surface area contributed by atoms with Crippen molar-refractivity contribution in [2.75, 3.05) is 32.6 Å². The average Bonchev–Trinajstić information content (AvgIpc) is 2.59. The lowest BCUT2D eigenvalue weighted by Crippen LogP contribution is -2.15. The highest BCUT2D eigenvalue weighted by Gasteiger charge is 2.05. The van der Waals surface area contributed by atoms with Crippen molar-refractivity contribution in [2.24, 2.45) is 0 Å². The molecular formula is C20H22F2N2O2. The zero-order valence-electron chi connectivity index (χ0n) is 14.8. The van der Waals surface area contributed by atoms with E-state index in [-0.39, 0.29) is 5.56 Å². The van der Waals surface area contributed by atoms with E-state index in [9.17, 15) is 13.6 Å². The quantitative estimate of drug-likeness (QED) is 0.573. The first-order valence-corrected chi connectivity index (χ1v) is 8.26. The number of amides is 1. The summed E-state index contributed by atoms with van der Waals surface area (Å²) in [5.74, 6) is -1.20. The first-order valence-electron chi connectivity index (χ1n) is 8.26. The second kappa shape index (κ2) is 9.68. The number of ether oxygens (including phenoxy) is 1. The predicted molar refractivity (Wildman–Crippen MR) is 99.1 cm³/mol. The molecule has 0 aliphatic heterocycles. The highest BCUT2D eigenvalue weighted by atomic mass is 19.1. The summed E-state index contributed by atoms with van der Waals surface area (Å²) < 4.78 is 32.6. The van der Waals surface area contributed by atoms with Gasteiger partial charge in [0.2, 0.25) is 5.91 Å². The summed E-state index contributed by atoms with van der Waals surface area (Å²) in [5, 5.41) is 2.63. The standard InChI is InChI=1S/C20H22F2N2O2/c1-24(2)13-4-14-26-16-9-7-15(8-10-16)23-20(25)12-11-17-18(21)5-3-6-19(17)22/h3,5-12H,4,13-14H2,1-2H3,(H,23,25)/b12-11+. The summed E-state index contributed by atoms with van der Waals surface area (Å²) in [6, 6.07) is 10.5. The Balaban J connectivity index is 1.86. The number of hydrogen-bond acceptors (Lipinski definition) is 3. The molecule has 0 aromatic heterocycles. The highest BCUT2D eigenvalue weighted by molar-refractivity contribution is 6.01. The Morgan fingerprint density at radius 3 is 2.38 bits per heavy atom. The molecule has 2 aromatic rings. The third-order valence-electron chi connectivity index (χ3n) is 3.54. The Morgan fingerprint density at radius 2 is 1.77 bits per heavy atom. The van der Waals surface area contributed by atoms with Crippen molar-refractivity contribution < 1.29 is 18.3 Å². The summed E-state index contributed by atoms with van der Waals surface area (Å²) in [4.78, 5) is 14.0. The van der Waals surface area contributed by atoms with Gasteiger partial charge in [0, 0.05) is 23.9 Å². The van der Waals surface area contributed by atoms with Gasteiger partial charge in [0.1, 0.15) is 17.4 Å². The second-order valence-electron chi connectivity index (χ2n) is 5.99. The number of benzene rings is 2. The molecule has 0 saturated carbocycles. The number of hydrogen-bond donors (Lipinski definition) is 1. The molecule has 0 heterocycles. The van der Waals surface area contributed by atoms with Gasteiger partial charge in [-0.2, -0.15) is 0 Å². The number of halogens is 2. The van der Waals surface area contributed by atoms with Crippen LogP contribution in [0.3, 0.4) is 0 Å². The average molecular weight is 360 g/mol. The van der Waals surface area contributed by atoms with Gasteiger partial charge in [0.15, 0.2) is 0 Å². The zero-order valence-corrected chi connectivity index (χ0v) is 14.8. The van der Waals surface area contributed by atoms with Gasteiger partial charge >= 0.3 is 0 Å². The number of anilines is 1. The molecule has 0 saturated heterocycles. The molecule has 2 rings (SSSR count). The Hall–Kier alpha value is -2.73.